The molecule has 0 radical (unpaired) electrons. The SMILES string of the molecule is COc1cc(CNCCOCC(F)F)cc2c1OCCO2. The summed E-state index contributed by atoms with van der Waals surface area (Å²) in [6, 6.07) is 3.74. The molecule has 7 heteroatoms. The maximum Gasteiger partial charge on any atom is 0.261 e. The van der Waals surface area contributed by atoms with Crippen LogP contribution in [0, 0.1) is 0 Å². The lowest BCUT2D eigenvalue weighted by atomic mass is 10.1. The largest absolute Gasteiger partial charge is 0.493 e. The van der Waals surface area contributed by atoms with Gasteiger partial charge in [0.25, 0.3) is 6.43 Å². The van der Waals surface area contributed by atoms with Gasteiger partial charge in [-0.2, -0.15) is 0 Å². The summed E-state index contributed by atoms with van der Waals surface area (Å²) in [4.78, 5) is 0. The van der Waals surface area contributed by atoms with E-state index in [1.54, 1.807) is 7.11 Å². The average molecular weight is 303 g/mol. The number of hydrogen-bond acceptors (Lipinski definition) is 5. The van der Waals surface area contributed by atoms with E-state index >= 15 is 0 Å². The summed E-state index contributed by atoms with van der Waals surface area (Å²) < 4.78 is 44.9. The molecule has 0 spiro atoms. The average Bonchev–Trinajstić information content (AvgIpc) is 2.49. The van der Waals surface area contributed by atoms with Crippen molar-refractivity contribution in [1.82, 2.24) is 5.32 Å². The molecule has 0 saturated heterocycles. The summed E-state index contributed by atoms with van der Waals surface area (Å²) in [7, 11) is 1.57. The van der Waals surface area contributed by atoms with Crippen LogP contribution in [0.5, 0.6) is 17.2 Å². The summed E-state index contributed by atoms with van der Waals surface area (Å²) in [5.74, 6) is 1.90. The summed E-state index contributed by atoms with van der Waals surface area (Å²) in [6.07, 6.45) is -2.42. The minimum absolute atomic E-state index is 0.242. The van der Waals surface area contributed by atoms with E-state index < -0.39 is 13.0 Å². The zero-order chi connectivity index (χ0) is 15.1. The number of methoxy groups -OCH3 is 1. The van der Waals surface area contributed by atoms with Crippen LogP contribution in [0.2, 0.25) is 0 Å². The second-order valence-electron chi connectivity index (χ2n) is 4.47. The Morgan fingerprint density at radius 3 is 2.86 bits per heavy atom. The zero-order valence-electron chi connectivity index (χ0n) is 11.9. The van der Waals surface area contributed by atoms with Gasteiger partial charge < -0.3 is 24.3 Å². The normalized spacial score (nSPS) is 13.5. The molecular weight excluding hydrogens is 284 g/mol. The van der Waals surface area contributed by atoms with Crippen molar-refractivity contribution in [2.24, 2.45) is 0 Å². The monoisotopic (exact) mass is 303 g/mol. The highest BCUT2D eigenvalue weighted by molar-refractivity contribution is 5.54. The first kappa shape index (κ1) is 15.8. The Bertz CT molecular complexity index is 440. The van der Waals surface area contributed by atoms with Crippen LogP contribution in [0.15, 0.2) is 12.1 Å². The van der Waals surface area contributed by atoms with Crippen LogP contribution in [-0.4, -0.2) is 46.5 Å². The van der Waals surface area contributed by atoms with E-state index in [4.69, 9.17) is 18.9 Å². The van der Waals surface area contributed by atoms with Gasteiger partial charge in [-0.15, -0.1) is 0 Å². The van der Waals surface area contributed by atoms with Gasteiger partial charge >= 0.3 is 0 Å². The number of fused-ring (bicyclic) bond motifs is 1. The second-order valence-corrected chi connectivity index (χ2v) is 4.47. The quantitative estimate of drug-likeness (QED) is 0.743. The summed E-state index contributed by atoms with van der Waals surface area (Å²) in [5.41, 5.74) is 0.963. The first-order chi connectivity index (χ1) is 10.2. The van der Waals surface area contributed by atoms with Gasteiger partial charge in [0, 0.05) is 13.1 Å². The molecule has 0 saturated carbocycles. The third-order valence-electron chi connectivity index (χ3n) is 2.88. The van der Waals surface area contributed by atoms with Crippen LogP contribution in [0.4, 0.5) is 8.78 Å². The molecule has 0 aliphatic carbocycles. The zero-order valence-corrected chi connectivity index (χ0v) is 11.9. The first-order valence-corrected chi connectivity index (χ1v) is 6.74. The number of halogens is 2. The lowest BCUT2D eigenvalue weighted by Gasteiger charge is -2.21. The smallest absolute Gasteiger partial charge is 0.261 e. The predicted molar refractivity (Wildman–Crippen MR) is 72.5 cm³/mol. The molecule has 2 rings (SSSR count). The van der Waals surface area contributed by atoms with E-state index in [1.165, 1.54) is 0 Å². The lowest BCUT2D eigenvalue weighted by molar-refractivity contribution is 0.0187. The van der Waals surface area contributed by atoms with E-state index in [9.17, 15) is 8.78 Å². The van der Waals surface area contributed by atoms with E-state index in [-0.39, 0.29) is 6.61 Å². The highest BCUT2D eigenvalue weighted by Crippen LogP contribution is 2.40. The Morgan fingerprint density at radius 1 is 1.29 bits per heavy atom. The van der Waals surface area contributed by atoms with Crippen LogP contribution >= 0.6 is 0 Å². The van der Waals surface area contributed by atoms with E-state index in [0.717, 1.165) is 5.56 Å². The van der Waals surface area contributed by atoms with Crippen LogP contribution in [0.3, 0.4) is 0 Å². The van der Waals surface area contributed by atoms with Gasteiger partial charge in [0.15, 0.2) is 11.5 Å². The fourth-order valence-electron chi connectivity index (χ4n) is 1.98. The van der Waals surface area contributed by atoms with Gasteiger partial charge in [0.05, 0.1) is 13.7 Å². The second kappa shape index (κ2) is 7.99. The van der Waals surface area contributed by atoms with Crippen LogP contribution < -0.4 is 19.5 Å². The Labute approximate surface area is 122 Å². The van der Waals surface area contributed by atoms with Gasteiger partial charge in [-0.1, -0.05) is 0 Å². The fraction of sp³-hybridized carbons (Fsp3) is 0.571. The van der Waals surface area contributed by atoms with Crippen molar-refractivity contribution >= 4 is 0 Å². The maximum absolute atomic E-state index is 11.9. The third kappa shape index (κ3) is 4.71. The Kier molecular flexibility index (Phi) is 6.01. The van der Waals surface area contributed by atoms with Crippen molar-refractivity contribution in [3.8, 4) is 17.2 Å². The van der Waals surface area contributed by atoms with Crippen molar-refractivity contribution in [3.05, 3.63) is 17.7 Å². The van der Waals surface area contributed by atoms with E-state index in [0.29, 0.717) is 43.6 Å². The molecule has 0 atom stereocenters. The van der Waals surface area contributed by atoms with Crippen molar-refractivity contribution in [2.45, 2.75) is 13.0 Å². The standard InChI is InChI=1S/C14H19F2NO4/c1-18-11-6-10(7-12-14(11)21-5-4-20-12)8-17-2-3-19-9-13(15)16/h6-7,13,17H,2-5,8-9H2,1H3. The van der Waals surface area contributed by atoms with Crippen molar-refractivity contribution < 1.29 is 27.7 Å². The molecule has 0 unspecified atom stereocenters. The van der Waals surface area contributed by atoms with Gasteiger partial charge in [0.1, 0.15) is 19.8 Å². The predicted octanol–water partition coefficient (Wildman–Crippen LogP) is 1.84. The molecule has 1 aromatic carbocycles. The highest BCUT2D eigenvalue weighted by atomic mass is 19.3. The molecule has 5 nitrogen and oxygen atoms in total. The Hall–Kier alpha value is -1.60. The molecule has 1 aromatic rings. The fourth-order valence-corrected chi connectivity index (χ4v) is 1.98. The molecule has 21 heavy (non-hydrogen) atoms. The minimum Gasteiger partial charge on any atom is -0.493 e. The molecule has 1 aliphatic heterocycles. The van der Waals surface area contributed by atoms with Crippen LogP contribution in [-0.2, 0) is 11.3 Å². The molecule has 1 heterocycles. The maximum atomic E-state index is 11.9. The topological polar surface area (TPSA) is 49.0 Å². The minimum atomic E-state index is -2.42. The Balaban J connectivity index is 1.83. The van der Waals surface area contributed by atoms with Gasteiger partial charge in [-0.25, -0.2) is 8.78 Å². The van der Waals surface area contributed by atoms with Crippen molar-refractivity contribution in [3.63, 3.8) is 0 Å². The number of rotatable bonds is 8. The molecule has 1 N–H and O–H groups in total. The molecular formula is C14H19F2NO4. The number of benzene rings is 1. The van der Waals surface area contributed by atoms with Crippen LogP contribution in [0.25, 0.3) is 0 Å². The molecule has 1 aliphatic rings. The highest BCUT2D eigenvalue weighted by Gasteiger charge is 2.18. The van der Waals surface area contributed by atoms with Crippen molar-refractivity contribution in [1.29, 1.82) is 0 Å². The van der Waals surface area contributed by atoms with Crippen molar-refractivity contribution in [2.75, 3.05) is 40.1 Å². The van der Waals surface area contributed by atoms with Gasteiger partial charge in [0.2, 0.25) is 5.75 Å². The molecule has 0 bridgehead atoms. The Morgan fingerprint density at radius 2 is 2.10 bits per heavy atom. The summed E-state index contributed by atoms with van der Waals surface area (Å²) >= 11 is 0. The van der Waals surface area contributed by atoms with E-state index in [2.05, 4.69) is 5.32 Å². The summed E-state index contributed by atoms with van der Waals surface area (Å²) in [6.45, 7) is 1.77. The molecule has 0 fully saturated rings. The molecule has 0 aromatic heterocycles. The number of alkyl halides is 2. The van der Waals surface area contributed by atoms with E-state index in [1.807, 2.05) is 12.1 Å². The van der Waals surface area contributed by atoms with Crippen LogP contribution in [0.1, 0.15) is 5.56 Å². The first-order valence-electron chi connectivity index (χ1n) is 6.74. The lowest BCUT2D eigenvalue weighted by Crippen LogP contribution is -2.21. The van der Waals surface area contributed by atoms with Gasteiger partial charge in [-0.05, 0) is 17.7 Å². The number of hydrogen-bond donors (Lipinski definition) is 1. The molecule has 0 amide bonds. The third-order valence-corrected chi connectivity index (χ3v) is 2.88. The summed E-state index contributed by atoms with van der Waals surface area (Å²) in [5, 5.41) is 3.11. The molecule has 118 valence electrons. The number of ether oxygens (including phenoxy) is 4. The van der Waals surface area contributed by atoms with Gasteiger partial charge in [-0.3, -0.25) is 0 Å². The number of nitrogens with one attached hydrogen (secondary N) is 1.